The van der Waals surface area contributed by atoms with Gasteiger partial charge < -0.3 is 29.3 Å². The van der Waals surface area contributed by atoms with Crippen LogP contribution < -0.4 is 9.64 Å². The number of ether oxygens (including phenoxy) is 2. The minimum absolute atomic E-state index is 0.107. The van der Waals surface area contributed by atoms with Crippen molar-refractivity contribution in [3.05, 3.63) is 48.6 Å². The van der Waals surface area contributed by atoms with E-state index in [0.717, 1.165) is 31.1 Å². The number of aliphatic hydroxyl groups excluding tert-OH is 1. The first-order chi connectivity index (χ1) is 20.9. The van der Waals surface area contributed by atoms with Crippen LogP contribution in [0.25, 0.3) is 0 Å². The van der Waals surface area contributed by atoms with Crippen molar-refractivity contribution < 1.29 is 29.0 Å². The summed E-state index contributed by atoms with van der Waals surface area (Å²) in [6.45, 7) is 9.33. The van der Waals surface area contributed by atoms with Crippen molar-refractivity contribution in [3.8, 4) is 5.75 Å². The van der Waals surface area contributed by atoms with Gasteiger partial charge >= 0.3 is 0 Å². The molecule has 5 aliphatic heterocycles. The van der Waals surface area contributed by atoms with Crippen LogP contribution in [0.15, 0.2) is 48.6 Å². The summed E-state index contributed by atoms with van der Waals surface area (Å²) in [5.41, 5.74) is 0.743. The average Bonchev–Trinajstić information content (AvgIpc) is 3.34. The second-order valence-corrected chi connectivity index (χ2v) is 13.3. The van der Waals surface area contributed by atoms with Gasteiger partial charge in [0.15, 0.2) is 0 Å². The highest BCUT2D eigenvalue weighted by Crippen LogP contribution is 2.61. The maximum atomic E-state index is 14.5. The van der Waals surface area contributed by atoms with Crippen LogP contribution in [0.4, 0.5) is 5.69 Å². The predicted molar refractivity (Wildman–Crippen MR) is 165 cm³/mol. The van der Waals surface area contributed by atoms with Gasteiger partial charge in [-0.2, -0.15) is 0 Å². The minimum Gasteiger partial charge on any atom is -0.494 e. The lowest BCUT2D eigenvalue weighted by Crippen LogP contribution is -2.57. The summed E-state index contributed by atoms with van der Waals surface area (Å²) in [6, 6.07) is 6.17. The van der Waals surface area contributed by atoms with Gasteiger partial charge in [0.05, 0.1) is 49.1 Å². The molecule has 5 heterocycles. The molecule has 6 rings (SSSR count). The quantitative estimate of drug-likeness (QED) is 0.423. The third kappa shape index (κ3) is 5.28. The Bertz CT molecular complexity index is 1260. The van der Waals surface area contributed by atoms with E-state index in [2.05, 4.69) is 4.90 Å². The van der Waals surface area contributed by atoms with E-state index < -0.39 is 28.7 Å². The molecule has 11 heteroatoms. The lowest BCUT2D eigenvalue weighted by molar-refractivity contribution is -0.145. The third-order valence-electron chi connectivity index (χ3n) is 9.50. The van der Waals surface area contributed by atoms with Crippen LogP contribution >= 0.6 is 11.8 Å². The number of amides is 3. The molecule has 1 aromatic rings. The van der Waals surface area contributed by atoms with Crippen LogP contribution in [0.5, 0.6) is 5.75 Å². The zero-order chi connectivity index (χ0) is 30.1. The molecular weight excluding hydrogens is 568 g/mol. The van der Waals surface area contributed by atoms with Crippen LogP contribution in [0.1, 0.15) is 20.3 Å². The first kappa shape index (κ1) is 30.2. The molecule has 232 valence electrons. The van der Waals surface area contributed by atoms with Crippen LogP contribution in [-0.2, 0) is 19.1 Å². The topological polar surface area (TPSA) is 103 Å². The number of benzene rings is 1. The highest BCUT2D eigenvalue weighted by atomic mass is 32.2. The van der Waals surface area contributed by atoms with Crippen molar-refractivity contribution in [1.29, 1.82) is 0 Å². The average molecular weight is 611 g/mol. The van der Waals surface area contributed by atoms with Gasteiger partial charge in [-0.05, 0) is 37.6 Å². The van der Waals surface area contributed by atoms with Crippen molar-refractivity contribution in [3.63, 3.8) is 0 Å². The Morgan fingerprint density at radius 1 is 1.02 bits per heavy atom. The van der Waals surface area contributed by atoms with Crippen molar-refractivity contribution in [2.24, 2.45) is 11.8 Å². The van der Waals surface area contributed by atoms with Crippen molar-refractivity contribution in [2.45, 2.75) is 42.3 Å². The maximum Gasteiger partial charge on any atom is 0.247 e. The van der Waals surface area contributed by atoms with Gasteiger partial charge in [0, 0.05) is 50.2 Å². The largest absolute Gasteiger partial charge is 0.494 e. The summed E-state index contributed by atoms with van der Waals surface area (Å²) in [5, 5.41) is 10.1. The summed E-state index contributed by atoms with van der Waals surface area (Å²) < 4.78 is 10.2. The first-order valence-electron chi connectivity index (χ1n) is 15.5. The van der Waals surface area contributed by atoms with Gasteiger partial charge in [0.1, 0.15) is 11.8 Å². The number of anilines is 1. The van der Waals surface area contributed by atoms with Gasteiger partial charge in [-0.3, -0.25) is 19.3 Å². The molecule has 3 fully saturated rings. The SMILES string of the molecule is CCOc1ccc(N2CC=C[C@@H]3S[C@]45C=CCN(CCN6CCOCC6)C(=O)C4N([C@@H](CC)CO)C(=O)[C@@H]5[C@@H]3C2=O)cc1. The molecule has 3 saturated heterocycles. The number of carbonyl (C=O) groups is 3. The number of thioether (sulfide) groups is 1. The van der Waals surface area contributed by atoms with Crippen LogP contribution in [-0.4, -0.2) is 125 Å². The predicted octanol–water partition coefficient (Wildman–Crippen LogP) is 1.79. The van der Waals surface area contributed by atoms with E-state index in [1.165, 1.54) is 0 Å². The molecule has 43 heavy (non-hydrogen) atoms. The van der Waals surface area contributed by atoms with Gasteiger partial charge in [0.25, 0.3) is 0 Å². The summed E-state index contributed by atoms with van der Waals surface area (Å²) in [4.78, 5) is 50.9. The molecule has 1 N–H and O–H groups in total. The molecule has 0 aliphatic carbocycles. The summed E-state index contributed by atoms with van der Waals surface area (Å²) in [7, 11) is 0. The van der Waals surface area contributed by atoms with Crippen molar-refractivity contribution >= 4 is 35.2 Å². The summed E-state index contributed by atoms with van der Waals surface area (Å²) >= 11 is 1.57. The first-order valence-corrected chi connectivity index (χ1v) is 16.4. The lowest BCUT2D eigenvalue weighted by atomic mass is 9.78. The molecule has 0 saturated carbocycles. The van der Waals surface area contributed by atoms with Crippen LogP contribution in [0.3, 0.4) is 0 Å². The summed E-state index contributed by atoms with van der Waals surface area (Å²) in [6.07, 6.45) is 8.61. The number of carbonyl (C=O) groups excluding carboxylic acids is 3. The monoisotopic (exact) mass is 610 g/mol. The molecule has 5 aliphatic rings. The van der Waals surface area contributed by atoms with Gasteiger partial charge in [-0.15, -0.1) is 11.8 Å². The third-order valence-corrected chi connectivity index (χ3v) is 11.2. The van der Waals surface area contributed by atoms with E-state index in [1.54, 1.807) is 21.6 Å². The normalized spacial score (nSPS) is 31.5. The standard InChI is InChI=1S/C32H42N4O6S/c1-3-22(21-37)36-28-31(40)34(16-15-33-17-19-41-20-18-33)13-6-12-32(28)27(30(36)39)26-25(43-32)7-5-14-35(29(26)38)23-8-10-24(11-9-23)42-4-2/h5-12,22,25-28,37H,3-4,13-21H2,1-2H3/t22-,25-,26+,27-,28?,32-/m0/s1. The Hall–Kier alpha value is -2.86. The molecule has 0 aromatic heterocycles. The van der Waals surface area contributed by atoms with E-state index in [1.807, 2.05) is 67.3 Å². The van der Waals surface area contributed by atoms with Gasteiger partial charge in [-0.1, -0.05) is 31.2 Å². The highest BCUT2D eigenvalue weighted by Gasteiger charge is 2.71. The Morgan fingerprint density at radius 2 is 1.79 bits per heavy atom. The molecule has 6 atom stereocenters. The Balaban J connectivity index is 1.34. The number of hydrogen-bond acceptors (Lipinski definition) is 8. The highest BCUT2D eigenvalue weighted by molar-refractivity contribution is 8.02. The Morgan fingerprint density at radius 3 is 2.49 bits per heavy atom. The Labute approximate surface area is 257 Å². The fourth-order valence-electron chi connectivity index (χ4n) is 7.34. The van der Waals surface area contributed by atoms with E-state index in [0.29, 0.717) is 45.9 Å². The number of fused-ring (bicyclic) bond motifs is 2. The second-order valence-electron chi connectivity index (χ2n) is 11.8. The smallest absolute Gasteiger partial charge is 0.247 e. The fourth-order valence-corrected chi connectivity index (χ4v) is 9.33. The maximum absolute atomic E-state index is 14.5. The van der Waals surface area contributed by atoms with Crippen LogP contribution in [0, 0.1) is 11.8 Å². The minimum atomic E-state index is -0.901. The Kier molecular flexibility index (Phi) is 8.86. The van der Waals surface area contributed by atoms with E-state index in [4.69, 9.17) is 9.47 Å². The molecule has 1 spiro atoms. The zero-order valence-electron chi connectivity index (χ0n) is 25.0. The van der Waals surface area contributed by atoms with Crippen LogP contribution in [0.2, 0.25) is 0 Å². The number of nitrogens with zero attached hydrogens (tertiary/aromatic N) is 4. The van der Waals surface area contributed by atoms with Gasteiger partial charge in [0.2, 0.25) is 17.7 Å². The fraction of sp³-hybridized carbons (Fsp3) is 0.594. The number of rotatable bonds is 9. The lowest BCUT2D eigenvalue weighted by Gasteiger charge is -2.38. The van der Waals surface area contributed by atoms with Gasteiger partial charge in [-0.25, -0.2) is 0 Å². The molecular formula is C32H42N4O6S. The van der Waals surface area contributed by atoms with Crippen molar-refractivity contribution in [1.82, 2.24) is 14.7 Å². The van der Waals surface area contributed by atoms with E-state index in [-0.39, 0.29) is 29.6 Å². The molecule has 1 unspecified atom stereocenters. The molecule has 3 amide bonds. The molecule has 0 bridgehead atoms. The number of hydrogen-bond donors (Lipinski definition) is 1. The number of likely N-dealkylation sites (tertiary alicyclic amines) is 1. The zero-order valence-corrected chi connectivity index (χ0v) is 25.8. The number of aliphatic hydroxyl groups is 1. The molecule has 1 aromatic carbocycles. The van der Waals surface area contributed by atoms with E-state index in [9.17, 15) is 19.5 Å². The number of morpholine rings is 1. The molecule has 0 radical (unpaired) electrons. The second kappa shape index (κ2) is 12.6. The van der Waals surface area contributed by atoms with Crippen molar-refractivity contribution in [2.75, 3.05) is 70.6 Å². The summed E-state index contributed by atoms with van der Waals surface area (Å²) in [5.74, 6) is -1.05. The van der Waals surface area contributed by atoms with E-state index >= 15 is 0 Å². The molecule has 10 nitrogen and oxygen atoms in total.